The molecule has 0 saturated carbocycles. The third-order valence-electron chi connectivity index (χ3n) is 4.01. The quantitative estimate of drug-likeness (QED) is 0.172. The number of halogens is 4. The van der Waals surface area contributed by atoms with Crippen LogP contribution in [0.1, 0.15) is 25.3 Å². The molecule has 168 valence electrons. The Labute approximate surface area is 202 Å². The van der Waals surface area contributed by atoms with E-state index in [0.717, 1.165) is 29.9 Å². The fraction of sp³-hybridized carbons (Fsp3) is 0.318. The summed E-state index contributed by atoms with van der Waals surface area (Å²) >= 11 is 23.6. The normalized spacial score (nSPS) is 11.1. The second kappa shape index (κ2) is 13.6. The lowest BCUT2D eigenvalue weighted by Gasteiger charge is -2.12. The molecule has 0 heterocycles. The smallest absolute Gasteiger partial charge is 0.156 e. The van der Waals surface area contributed by atoms with Crippen LogP contribution in [0.4, 0.5) is 0 Å². The van der Waals surface area contributed by atoms with Crippen LogP contribution in [0.5, 0.6) is 17.2 Å². The van der Waals surface area contributed by atoms with Gasteiger partial charge in [-0.3, -0.25) is 0 Å². The molecule has 0 unspecified atom stereocenters. The third-order valence-corrected chi connectivity index (χ3v) is 4.88. The van der Waals surface area contributed by atoms with Gasteiger partial charge in [-0.2, -0.15) is 0 Å². The zero-order chi connectivity index (χ0) is 22.6. The summed E-state index contributed by atoms with van der Waals surface area (Å²) in [6.07, 6.45) is 3.11. The van der Waals surface area contributed by atoms with E-state index in [-0.39, 0.29) is 11.1 Å². The first kappa shape index (κ1) is 25.5. The van der Waals surface area contributed by atoms with Crippen LogP contribution >= 0.6 is 46.4 Å². The van der Waals surface area contributed by atoms with E-state index >= 15 is 0 Å². The number of benzene rings is 2. The standard InChI is InChI=1S/C22H23Cl4NO4/c1-15(27-28-2)16-5-7-17(8-6-16)29-10-3-4-11-31-22-19(23)13-18(14-20(22)24)30-12-9-21(25)26/h5-9,13-14H,3-4,10-12H2,1-2H3. The van der Waals surface area contributed by atoms with Crippen molar-refractivity contribution in [2.45, 2.75) is 19.8 Å². The molecule has 2 rings (SSSR count). The van der Waals surface area contributed by atoms with E-state index in [1.807, 2.05) is 31.2 Å². The molecule has 31 heavy (non-hydrogen) atoms. The Hall–Kier alpha value is -1.79. The molecule has 0 amide bonds. The fourth-order valence-electron chi connectivity index (χ4n) is 2.51. The van der Waals surface area contributed by atoms with Gasteiger partial charge < -0.3 is 19.0 Å². The lowest BCUT2D eigenvalue weighted by atomic mass is 10.1. The largest absolute Gasteiger partial charge is 0.494 e. The van der Waals surface area contributed by atoms with Crippen molar-refractivity contribution in [3.63, 3.8) is 0 Å². The highest BCUT2D eigenvalue weighted by atomic mass is 35.5. The first-order valence-electron chi connectivity index (χ1n) is 9.47. The van der Waals surface area contributed by atoms with Gasteiger partial charge in [0.25, 0.3) is 0 Å². The highest BCUT2D eigenvalue weighted by Gasteiger charge is 2.10. The Morgan fingerprint density at radius 2 is 1.52 bits per heavy atom. The van der Waals surface area contributed by atoms with Crippen molar-refractivity contribution in [1.29, 1.82) is 0 Å². The monoisotopic (exact) mass is 505 g/mol. The maximum atomic E-state index is 6.25. The predicted molar refractivity (Wildman–Crippen MR) is 128 cm³/mol. The number of oxime groups is 1. The topological polar surface area (TPSA) is 49.3 Å². The van der Waals surface area contributed by atoms with Crippen molar-refractivity contribution in [3.05, 3.63) is 62.6 Å². The van der Waals surface area contributed by atoms with Crippen LogP contribution in [0.2, 0.25) is 10.0 Å². The molecule has 0 aliphatic rings. The van der Waals surface area contributed by atoms with Crippen molar-refractivity contribution < 1.29 is 19.0 Å². The average Bonchev–Trinajstić information content (AvgIpc) is 2.72. The van der Waals surface area contributed by atoms with Crippen LogP contribution in [-0.2, 0) is 4.84 Å². The SMILES string of the molecule is CON=C(C)c1ccc(OCCCCOc2c(Cl)cc(OCC=C(Cl)Cl)cc2Cl)cc1. The Balaban J connectivity index is 1.73. The molecule has 2 aromatic rings. The number of hydrogen-bond donors (Lipinski definition) is 0. The number of hydrogen-bond acceptors (Lipinski definition) is 5. The number of ether oxygens (including phenoxy) is 3. The summed E-state index contributed by atoms with van der Waals surface area (Å²) in [6.45, 7) is 3.11. The fourth-order valence-corrected chi connectivity index (χ4v) is 3.21. The maximum Gasteiger partial charge on any atom is 0.156 e. The van der Waals surface area contributed by atoms with Gasteiger partial charge in [0.1, 0.15) is 29.7 Å². The molecule has 0 aliphatic heterocycles. The Bertz CT molecular complexity index is 874. The zero-order valence-electron chi connectivity index (χ0n) is 17.2. The van der Waals surface area contributed by atoms with Gasteiger partial charge in [-0.25, -0.2) is 0 Å². The number of nitrogens with zero attached hydrogens (tertiary/aromatic N) is 1. The van der Waals surface area contributed by atoms with Gasteiger partial charge in [0.2, 0.25) is 0 Å². The van der Waals surface area contributed by atoms with E-state index in [9.17, 15) is 0 Å². The summed E-state index contributed by atoms with van der Waals surface area (Å²) in [5.74, 6) is 1.71. The predicted octanol–water partition coefficient (Wildman–Crippen LogP) is 7.30. The molecule has 0 saturated heterocycles. The highest BCUT2D eigenvalue weighted by molar-refractivity contribution is 6.55. The molecule has 0 radical (unpaired) electrons. The van der Waals surface area contributed by atoms with Crippen molar-refractivity contribution in [1.82, 2.24) is 0 Å². The van der Waals surface area contributed by atoms with Crippen molar-refractivity contribution in [3.8, 4) is 17.2 Å². The summed E-state index contributed by atoms with van der Waals surface area (Å²) in [4.78, 5) is 4.78. The molecule has 0 fully saturated rings. The average molecular weight is 507 g/mol. The van der Waals surface area contributed by atoms with E-state index in [1.165, 1.54) is 13.2 Å². The molecule has 0 aromatic heterocycles. The van der Waals surface area contributed by atoms with Gasteiger partial charge in [0.05, 0.1) is 29.0 Å². The van der Waals surface area contributed by atoms with E-state index in [0.29, 0.717) is 34.8 Å². The molecule has 0 bridgehead atoms. The van der Waals surface area contributed by atoms with E-state index in [1.54, 1.807) is 12.1 Å². The Morgan fingerprint density at radius 1 is 0.903 bits per heavy atom. The second-order valence-corrected chi connectivity index (χ2v) is 8.13. The Kier molecular flexibility index (Phi) is 11.2. The number of rotatable bonds is 12. The lowest BCUT2D eigenvalue weighted by Crippen LogP contribution is -2.04. The minimum absolute atomic E-state index is 0.129. The van der Waals surface area contributed by atoms with Crippen molar-refractivity contribution in [2.75, 3.05) is 26.9 Å². The first-order chi connectivity index (χ1) is 14.9. The molecular formula is C22H23Cl4NO4. The van der Waals surface area contributed by atoms with Gasteiger partial charge in [0, 0.05) is 12.1 Å². The highest BCUT2D eigenvalue weighted by Crippen LogP contribution is 2.37. The van der Waals surface area contributed by atoms with Gasteiger partial charge in [-0.1, -0.05) is 51.6 Å². The van der Waals surface area contributed by atoms with Gasteiger partial charge in [-0.05, 0) is 55.7 Å². The second-order valence-electron chi connectivity index (χ2n) is 6.31. The van der Waals surface area contributed by atoms with Crippen LogP contribution in [0.25, 0.3) is 0 Å². The van der Waals surface area contributed by atoms with Crippen LogP contribution in [0, 0.1) is 0 Å². The van der Waals surface area contributed by atoms with Gasteiger partial charge >= 0.3 is 0 Å². The molecule has 0 N–H and O–H groups in total. The molecule has 9 heteroatoms. The summed E-state index contributed by atoms with van der Waals surface area (Å²) < 4.78 is 17.1. The Morgan fingerprint density at radius 3 is 2.10 bits per heavy atom. The molecule has 0 aliphatic carbocycles. The zero-order valence-corrected chi connectivity index (χ0v) is 20.2. The summed E-state index contributed by atoms with van der Waals surface area (Å²) in [7, 11) is 1.52. The molecule has 2 aromatic carbocycles. The molecule has 0 atom stereocenters. The van der Waals surface area contributed by atoms with Crippen LogP contribution < -0.4 is 14.2 Å². The summed E-state index contributed by atoms with van der Waals surface area (Å²) in [6, 6.07) is 10.9. The maximum absolute atomic E-state index is 6.25. The summed E-state index contributed by atoms with van der Waals surface area (Å²) in [5.41, 5.74) is 1.78. The van der Waals surface area contributed by atoms with Crippen LogP contribution in [0.15, 0.2) is 52.1 Å². The third kappa shape index (κ3) is 9.08. The minimum Gasteiger partial charge on any atom is -0.494 e. The van der Waals surface area contributed by atoms with E-state index in [2.05, 4.69) is 5.16 Å². The first-order valence-corrected chi connectivity index (χ1v) is 11.0. The lowest BCUT2D eigenvalue weighted by molar-refractivity contribution is 0.213. The minimum atomic E-state index is 0.129. The van der Waals surface area contributed by atoms with Crippen LogP contribution in [-0.4, -0.2) is 32.6 Å². The summed E-state index contributed by atoms with van der Waals surface area (Å²) in [5, 5.41) is 4.64. The molecular weight excluding hydrogens is 484 g/mol. The van der Waals surface area contributed by atoms with Crippen molar-refractivity contribution >= 4 is 52.1 Å². The molecule has 0 spiro atoms. The van der Waals surface area contributed by atoms with E-state index < -0.39 is 0 Å². The van der Waals surface area contributed by atoms with Crippen molar-refractivity contribution in [2.24, 2.45) is 5.16 Å². The van der Waals surface area contributed by atoms with Gasteiger partial charge in [0.15, 0.2) is 5.75 Å². The molecule has 5 nitrogen and oxygen atoms in total. The van der Waals surface area contributed by atoms with E-state index in [4.69, 9.17) is 65.5 Å². The van der Waals surface area contributed by atoms with Crippen LogP contribution in [0.3, 0.4) is 0 Å². The van der Waals surface area contributed by atoms with Gasteiger partial charge in [-0.15, -0.1) is 0 Å². The number of unbranched alkanes of at least 4 members (excludes halogenated alkanes) is 1.